The van der Waals surface area contributed by atoms with Crippen LogP contribution in [0.15, 0.2) is 18.3 Å². The average Bonchev–Trinajstić information content (AvgIpc) is 2.81. The number of aromatic carboxylic acids is 1. The molecule has 20 heavy (non-hydrogen) atoms. The number of aromatic nitrogens is 1. The summed E-state index contributed by atoms with van der Waals surface area (Å²) in [5, 5.41) is 10.6. The van der Waals surface area contributed by atoms with Crippen LogP contribution in [-0.4, -0.2) is 15.6 Å². The van der Waals surface area contributed by atoms with Crippen LogP contribution in [0.3, 0.4) is 0 Å². The second-order valence-corrected chi connectivity index (χ2v) is 5.24. The normalized spacial score (nSPS) is 11.2. The molecule has 2 aromatic rings. The zero-order chi connectivity index (χ0) is 14.7. The van der Waals surface area contributed by atoms with Crippen molar-refractivity contribution in [1.82, 2.24) is 4.57 Å². The highest BCUT2D eigenvalue weighted by atomic mass is 16.4. The highest BCUT2D eigenvalue weighted by Crippen LogP contribution is 2.28. The lowest BCUT2D eigenvalue weighted by Crippen LogP contribution is -2.03. The Labute approximate surface area is 120 Å². The molecule has 0 saturated carbocycles. The topological polar surface area (TPSA) is 42.2 Å². The second-order valence-electron chi connectivity index (χ2n) is 5.24. The first-order valence-electron chi connectivity index (χ1n) is 7.50. The standard InChI is InChI=1S/C17H23NO2/c1-4-7-8-13-11-18(6-3)16-14(13)9-12(5-2)10-15(16)17(19)20/h9-11H,4-8H2,1-3H3,(H,19,20). The lowest BCUT2D eigenvalue weighted by molar-refractivity contribution is 0.0698. The Bertz CT molecular complexity index is 625. The fourth-order valence-corrected chi connectivity index (χ4v) is 2.75. The van der Waals surface area contributed by atoms with Crippen molar-refractivity contribution in [2.75, 3.05) is 0 Å². The summed E-state index contributed by atoms with van der Waals surface area (Å²) in [6.45, 7) is 7.10. The molecule has 0 radical (unpaired) electrons. The van der Waals surface area contributed by atoms with E-state index in [4.69, 9.17) is 0 Å². The molecule has 0 spiro atoms. The highest BCUT2D eigenvalue weighted by Gasteiger charge is 2.16. The van der Waals surface area contributed by atoms with E-state index in [1.165, 1.54) is 5.56 Å². The van der Waals surface area contributed by atoms with Gasteiger partial charge in [0.2, 0.25) is 0 Å². The van der Waals surface area contributed by atoms with Gasteiger partial charge in [0.1, 0.15) is 0 Å². The first kappa shape index (κ1) is 14.6. The number of rotatable bonds is 6. The molecular formula is C17H23NO2. The van der Waals surface area contributed by atoms with E-state index in [2.05, 4.69) is 37.6 Å². The summed E-state index contributed by atoms with van der Waals surface area (Å²) in [5.74, 6) is -0.833. The third kappa shape index (κ3) is 2.58. The van der Waals surface area contributed by atoms with Gasteiger partial charge in [-0.2, -0.15) is 0 Å². The van der Waals surface area contributed by atoms with Crippen LogP contribution in [0.4, 0.5) is 0 Å². The number of carboxylic acids is 1. The van der Waals surface area contributed by atoms with Crippen LogP contribution in [0.25, 0.3) is 10.9 Å². The van der Waals surface area contributed by atoms with Gasteiger partial charge in [0, 0.05) is 18.1 Å². The van der Waals surface area contributed by atoms with E-state index in [1.54, 1.807) is 0 Å². The summed E-state index contributed by atoms with van der Waals surface area (Å²) in [6.07, 6.45) is 6.30. The molecule has 0 aliphatic heterocycles. The predicted octanol–water partition coefficient (Wildman–Crippen LogP) is 4.26. The molecule has 0 aliphatic rings. The number of hydrogen-bond acceptors (Lipinski definition) is 1. The zero-order valence-corrected chi connectivity index (χ0v) is 12.6. The van der Waals surface area contributed by atoms with Crippen LogP contribution >= 0.6 is 0 Å². The van der Waals surface area contributed by atoms with Crippen LogP contribution in [0.5, 0.6) is 0 Å². The minimum absolute atomic E-state index is 0.434. The Hall–Kier alpha value is -1.77. The minimum atomic E-state index is -0.833. The lowest BCUT2D eigenvalue weighted by atomic mass is 10.0. The SMILES string of the molecule is CCCCc1cn(CC)c2c(C(=O)O)cc(CC)cc12. The van der Waals surface area contributed by atoms with Crippen LogP contribution in [0, 0.1) is 0 Å². The van der Waals surface area contributed by atoms with Crippen molar-refractivity contribution >= 4 is 16.9 Å². The van der Waals surface area contributed by atoms with Gasteiger partial charge in [-0.3, -0.25) is 0 Å². The van der Waals surface area contributed by atoms with Crippen molar-refractivity contribution in [3.8, 4) is 0 Å². The van der Waals surface area contributed by atoms with Gasteiger partial charge >= 0.3 is 5.97 Å². The molecule has 108 valence electrons. The number of nitrogens with zero attached hydrogens (tertiary/aromatic N) is 1. The van der Waals surface area contributed by atoms with Gasteiger partial charge in [-0.25, -0.2) is 4.79 Å². The van der Waals surface area contributed by atoms with Gasteiger partial charge in [-0.1, -0.05) is 20.3 Å². The number of carbonyl (C=O) groups is 1. The molecule has 0 fully saturated rings. The fourth-order valence-electron chi connectivity index (χ4n) is 2.75. The average molecular weight is 273 g/mol. The molecule has 0 bridgehead atoms. The van der Waals surface area contributed by atoms with Gasteiger partial charge < -0.3 is 9.67 Å². The summed E-state index contributed by atoms with van der Waals surface area (Å²) >= 11 is 0. The molecule has 0 saturated heterocycles. The van der Waals surface area contributed by atoms with E-state index in [1.807, 2.05) is 6.07 Å². The van der Waals surface area contributed by atoms with E-state index in [0.717, 1.165) is 48.7 Å². The van der Waals surface area contributed by atoms with Crippen molar-refractivity contribution in [1.29, 1.82) is 0 Å². The maximum Gasteiger partial charge on any atom is 0.337 e. The molecular weight excluding hydrogens is 250 g/mol. The molecule has 2 rings (SSSR count). The third-order valence-corrected chi connectivity index (χ3v) is 3.89. The monoisotopic (exact) mass is 273 g/mol. The number of unbranched alkanes of at least 4 members (excludes halogenated alkanes) is 1. The minimum Gasteiger partial charge on any atom is -0.478 e. The summed E-state index contributed by atoms with van der Waals surface area (Å²) < 4.78 is 2.07. The number of aryl methyl sites for hydroxylation is 3. The van der Waals surface area contributed by atoms with Gasteiger partial charge in [-0.15, -0.1) is 0 Å². The largest absolute Gasteiger partial charge is 0.478 e. The summed E-state index contributed by atoms with van der Waals surface area (Å²) in [6, 6.07) is 3.99. The second kappa shape index (κ2) is 6.12. The first-order chi connectivity index (χ1) is 9.62. The van der Waals surface area contributed by atoms with E-state index in [0.29, 0.717) is 5.56 Å². The molecule has 0 unspecified atom stereocenters. The highest BCUT2D eigenvalue weighted by molar-refractivity contribution is 6.03. The van der Waals surface area contributed by atoms with Crippen molar-refractivity contribution in [3.05, 3.63) is 35.0 Å². The molecule has 0 atom stereocenters. The summed E-state index contributed by atoms with van der Waals surface area (Å²) in [5.41, 5.74) is 3.69. The maximum absolute atomic E-state index is 11.6. The van der Waals surface area contributed by atoms with Gasteiger partial charge in [0.05, 0.1) is 11.1 Å². The van der Waals surface area contributed by atoms with Crippen LogP contribution in [0.2, 0.25) is 0 Å². The quantitative estimate of drug-likeness (QED) is 0.854. The van der Waals surface area contributed by atoms with E-state index < -0.39 is 5.97 Å². The van der Waals surface area contributed by atoms with Crippen molar-refractivity contribution in [2.45, 2.75) is 53.0 Å². The smallest absolute Gasteiger partial charge is 0.337 e. The number of fused-ring (bicyclic) bond motifs is 1. The molecule has 1 aromatic carbocycles. The number of carboxylic acid groups (broad SMARTS) is 1. The number of benzene rings is 1. The Morgan fingerprint density at radius 1 is 1.25 bits per heavy atom. The van der Waals surface area contributed by atoms with Crippen LogP contribution < -0.4 is 0 Å². The molecule has 0 aliphatic carbocycles. The Kier molecular flexibility index (Phi) is 4.48. The molecule has 3 nitrogen and oxygen atoms in total. The maximum atomic E-state index is 11.6. The van der Waals surface area contributed by atoms with Crippen molar-refractivity contribution < 1.29 is 9.90 Å². The molecule has 0 amide bonds. The first-order valence-corrected chi connectivity index (χ1v) is 7.50. The van der Waals surface area contributed by atoms with E-state index >= 15 is 0 Å². The van der Waals surface area contributed by atoms with Crippen molar-refractivity contribution in [2.24, 2.45) is 0 Å². The molecule has 1 N–H and O–H groups in total. The van der Waals surface area contributed by atoms with Crippen molar-refractivity contribution in [3.63, 3.8) is 0 Å². The molecule has 1 aromatic heterocycles. The van der Waals surface area contributed by atoms with Crippen LogP contribution in [-0.2, 0) is 19.4 Å². The lowest BCUT2D eigenvalue weighted by Gasteiger charge is -2.07. The van der Waals surface area contributed by atoms with Gasteiger partial charge in [-0.05, 0) is 49.4 Å². The third-order valence-electron chi connectivity index (χ3n) is 3.89. The van der Waals surface area contributed by atoms with E-state index in [-0.39, 0.29) is 0 Å². The summed E-state index contributed by atoms with van der Waals surface area (Å²) in [7, 11) is 0. The Balaban J connectivity index is 2.71. The van der Waals surface area contributed by atoms with Gasteiger partial charge in [0.25, 0.3) is 0 Å². The zero-order valence-electron chi connectivity index (χ0n) is 12.6. The van der Waals surface area contributed by atoms with E-state index in [9.17, 15) is 9.90 Å². The van der Waals surface area contributed by atoms with Gasteiger partial charge in [0.15, 0.2) is 0 Å². The Morgan fingerprint density at radius 2 is 2.00 bits per heavy atom. The Morgan fingerprint density at radius 3 is 2.55 bits per heavy atom. The number of hydrogen-bond donors (Lipinski definition) is 1. The molecule has 1 heterocycles. The summed E-state index contributed by atoms with van der Waals surface area (Å²) in [4.78, 5) is 11.6. The molecule has 3 heteroatoms. The van der Waals surface area contributed by atoms with Crippen LogP contribution in [0.1, 0.15) is 55.1 Å². The fraction of sp³-hybridized carbons (Fsp3) is 0.471. The predicted molar refractivity (Wildman–Crippen MR) is 82.6 cm³/mol.